The Kier molecular flexibility index (Phi) is 7.24. The van der Waals surface area contributed by atoms with Crippen molar-refractivity contribution in [1.82, 2.24) is 20.2 Å². The van der Waals surface area contributed by atoms with Gasteiger partial charge in [-0.05, 0) is 31.2 Å². The van der Waals surface area contributed by atoms with Crippen LogP contribution in [0.3, 0.4) is 0 Å². The molecule has 3 rings (SSSR count). The fourth-order valence-electron chi connectivity index (χ4n) is 2.91. The summed E-state index contributed by atoms with van der Waals surface area (Å²) in [5, 5.41) is 3.39. The van der Waals surface area contributed by atoms with Gasteiger partial charge >= 0.3 is 0 Å². The zero-order valence-electron chi connectivity index (χ0n) is 15.2. The number of hydrogen-bond acceptors (Lipinski definition) is 6. The summed E-state index contributed by atoms with van der Waals surface area (Å²) >= 11 is 6.00. The van der Waals surface area contributed by atoms with Gasteiger partial charge in [0.1, 0.15) is 5.75 Å². The van der Waals surface area contributed by atoms with Crippen LogP contribution >= 0.6 is 11.6 Å². The standard InChI is InChI=1S/C19H24ClN5O2/c20-16-5-1-2-6-17(16)27-15-18(26)21-9-4-10-24-11-13-25(14-12-24)19-22-7-3-8-23-19/h1-3,5-8H,4,9-15H2,(H,21,26). The molecule has 0 atom stereocenters. The van der Waals surface area contributed by atoms with Crippen LogP contribution in [-0.2, 0) is 4.79 Å². The third-order valence-electron chi connectivity index (χ3n) is 4.38. The number of amides is 1. The van der Waals surface area contributed by atoms with Gasteiger partial charge < -0.3 is 15.0 Å². The molecule has 1 aromatic heterocycles. The van der Waals surface area contributed by atoms with E-state index in [2.05, 4.69) is 25.1 Å². The lowest BCUT2D eigenvalue weighted by Gasteiger charge is -2.34. The molecule has 144 valence electrons. The Morgan fingerprint density at radius 3 is 2.59 bits per heavy atom. The van der Waals surface area contributed by atoms with Crippen molar-refractivity contribution in [2.24, 2.45) is 0 Å². The van der Waals surface area contributed by atoms with Crippen LogP contribution in [0.15, 0.2) is 42.7 Å². The third kappa shape index (κ3) is 6.08. The number of piperazine rings is 1. The molecule has 1 N–H and O–H groups in total. The number of anilines is 1. The Morgan fingerprint density at radius 1 is 1.11 bits per heavy atom. The van der Waals surface area contributed by atoms with Crippen LogP contribution in [0.5, 0.6) is 5.75 Å². The van der Waals surface area contributed by atoms with E-state index >= 15 is 0 Å². The minimum atomic E-state index is -0.138. The Morgan fingerprint density at radius 2 is 1.85 bits per heavy atom. The van der Waals surface area contributed by atoms with Crippen LogP contribution in [-0.4, -0.2) is 66.7 Å². The van der Waals surface area contributed by atoms with Crippen molar-refractivity contribution in [1.29, 1.82) is 0 Å². The van der Waals surface area contributed by atoms with Crippen LogP contribution in [0.2, 0.25) is 5.02 Å². The largest absolute Gasteiger partial charge is 0.482 e. The van der Waals surface area contributed by atoms with Gasteiger partial charge in [-0.15, -0.1) is 0 Å². The van der Waals surface area contributed by atoms with Gasteiger partial charge in [-0.2, -0.15) is 0 Å². The highest BCUT2D eigenvalue weighted by Gasteiger charge is 2.18. The second-order valence-corrected chi connectivity index (χ2v) is 6.71. The normalized spacial score (nSPS) is 14.8. The Labute approximate surface area is 164 Å². The minimum Gasteiger partial charge on any atom is -0.482 e. The van der Waals surface area contributed by atoms with Gasteiger partial charge in [-0.1, -0.05) is 23.7 Å². The SMILES string of the molecule is O=C(COc1ccccc1Cl)NCCCN1CCN(c2ncccn2)CC1. The van der Waals surface area contributed by atoms with Crippen molar-refractivity contribution >= 4 is 23.5 Å². The summed E-state index contributed by atoms with van der Waals surface area (Å²) in [6, 6.07) is 8.95. The van der Waals surface area contributed by atoms with Crippen LogP contribution in [0.1, 0.15) is 6.42 Å². The van der Waals surface area contributed by atoms with Gasteiger partial charge in [0.25, 0.3) is 5.91 Å². The van der Waals surface area contributed by atoms with E-state index in [1.54, 1.807) is 24.5 Å². The fourth-order valence-corrected chi connectivity index (χ4v) is 3.10. The molecule has 2 heterocycles. The maximum atomic E-state index is 11.9. The van der Waals surface area contributed by atoms with Crippen molar-refractivity contribution in [2.75, 3.05) is 50.8 Å². The van der Waals surface area contributed by atoms with E-state index in [0.717, 1.165) is 45.1 Å². The number of nitrogens with one attached hydrogen (secondary N) is 1. The van der Waals surface area contributed by atoms with E-state index in [1.807, 2.05) is 18.2 Å². The second kappa shape index (κ2) is 10.1. The first-order valence-corrected chi connectivity index (χ1v) is 9.48. The van der Waals surface area contributed by atoms with Crippen LogP contribution in [0, 0.1) is 0 Å². The molecule has 1 fully saturated rings. The molecule has 0 aliphatic carbocycles. The lowest BCUT2D eigenvalue weighted by atomic mass is 10.3. The number of aromatic nitrogens is 2. The molecule has 2 aromatic rings. The first kappa shape index (κ1) is 19.4. The molecule has 1 aliphatic heterocycles. The second-order valence-electron chi connectivity index (χ2n) is 6.30. The zero-order chi connectivity index (χ0) is 18.9. The maximum Gasteiger partial charge on any atom is 0.257 e. The molecular weight excluding hydrogens is 366 g/mol. The lowest BCUT2D eigenvalue weighted by Crippen LogP contribution is -2.47. The zero-order valence-corrected chi connectivity index (χ0v) is 15.9. The Hall–Kier alpha value is -2.38. The molecule has 1 aromatic carbocycles. The number of carbonyl (C=O) groups excluding carboxylic acids is 1. The number of benzene rings is 1. The molecular formula is C19H24ClN5O2. The number of para-hydroxylation sites is 1. The van der Waals surface area contributed by atoms with E-state index < -0.39 is 0 Å². The summed E-state index contributed by atoms with van der Waals surface area (Å²) in [6.45, 7) is 5.34. The number of halogens is 1. The quantitative estimate of drug-likeness (QED) is 0.695. The van der Waals surface area contributed by atoms with E-state index in [9.17, 15) is 4.79 Å². The molecule has 8 heteroatoms. The molecule has 27 heavy (non-hydrogen) atoms. The van der Waals surface area contributed by atoms with Crippen LogP contribution in [0.4, 0.5) is 5.95 Å². The highest BCUT2D eigenvalue weighted by Crippen LogP contribution is 2.22. The molecule has 1 aliphatic rings. The number of carbonyl (C=O) groups is 1. The number of hydrogen-bond donors (Lipinski definition) is 1. The highest BCUT2D eigenvalue weighted by atomic mass is 35.5. The maximum absolute atomic E-state index is 11.9. The third-order valence-corrected chi connectivity index (χ3v) is 4.69. The molecule has 0 spiro atoms. The molecule has 1 amide bonds. The van der Waals surface area contributed by atoms with Crippen molar-refractivity contribution < 1.29 is 9.53 Å². The number of rotatable bonds is 8. The summed E-state index contributed by atoms with van der Waals surface area (Å²) in [7, 11) is 0. The summed E-state index contributed by atoms with van der Waals surface area (Å²) in [5.41, 5.74) is 0. The Balaban J connectivity index is 1.27. The van der Waals surface area contributed by atoms with Gasteiger partial charge in [-0.25, -0.2) is 9.97 Å². The molecule has 0 unspecified atom stereocenters. The topological polar surface area (TPSA) is 70.6 Å². The van der Waals surface area contributed by atoms with Gasteiger partial charge in [0, 0.05) is 45.1 Å². The fraction of sp³-hybridized carbons (Fsp3) is 0.421. The Bertz CT molecular complexity index is 723. The predicted octanol–water partition coefficient (Wildman–Crippen LogP) is 1.84. The highest BCUT2D eigenvalue weighted by molar-refractivity contribution is 6.32. The first-order valence-electron chi connectivity index (χ1n) is 9.11. The van der Waals surface area contributed by atoms with Gasteiger partial charge in [-0.3, -0.25) is 9.69 Å². The van der Waals surface area contributed by atoms with Crippen molar-refractivity contribution in [3.05, 3.63) is 47.7 Å². The molecule has 7 nitrogen and oxygen atoms in total. The van der Waals surface area contributed by atoms with Crippen molar-refractivity contribution in [3.63, 3.8) is 0 Å². The summed E-state index contributed by atoms with van der Waals surface area (Å²) in [4.78, 5) is 25.1. The van der Waals surface area contributed by atoms with Crippen LogP contribution in [0.25, 0.3) is 0 Å². The molecule has 0 radical (unpaired) electrons. The lowest BCUT2D eigenvalue weighted by molar-refractivity contribution is -0.123. The summed E-state index contributed by atoms with van der Waals surface area (Å²) in [5.74, 6) is 1.18. The van der Waals surface area contributed by atoms with E-state index in [4.69, 9.17) is 16.3 Å². The molecule has 0 saturated carbocycles. The average Bonchev–Trinajstić information content (AvgIpc) is 2.72. The summed E-state index contributed by atoms with van der Waals surface area (Å²) in [6.07, 6.45) is 4.44. The smallest absolute Gasteiger partial charge is 0.257 e. The van der Waals surface area contributed by atoms with E-state index in [1.165, 1.54) is 0 Å². The number of nitrogens with zero attached hydrogens (tertiary/aromatic N) is 4. The van der Waals surface area contributed by atoms with E-state index in [-0.39, 0.29) is 12.5 Å². The molecule has 0 bridgehead atoms. The summed E-state index contributed by atoms with van der Waals surface area (Å²) < 4.78 is 5.43. The first-order chi connectivity index (χ1) is 13.2. The average molecular weight is 390 g/mol. The van der Waals surface area contributed by atoms with Crippen molar-refractivity contribution in [3.8, 4) is 5.75 Å². The number of ether oxygens (including phenoxy) is 1. The minimum absolute atomic E-state index is 0.0283. The molecule has 1 saturated heterocycles. The van der Waals surface area contributed by atoms with Crippen molar-refractivity contribution in [2.45, 2.75) is 6.42 Å². The predicted molar refractivity (Wildman–Crippen MR) is 105 cm³/mol. The van der Waals surface area contributed by atoms with E-state index in [0.29, 0.717) is 17.3 Å². The van der Waals surface area contributed by atoms with Gasteiger partial charge in [0.15, 0.2) is 6.61 Å². The van der Waals surface area contributed by atoms with Gasteiger partial charge in [0.05, 0.1) is 5.02 Å². The van der Waals surface area contributed by atoms with Crippen LogP contribution < -0.4 is 15.0 Å². The van der Waals surface area contributed by atoms with Gasteiger partial charge in [0.2, 0.25) is 5.95 Å². The monoisotopic (exact) mass is 389 g/mol.